The highest BCUT2D eigenvalue weighted by Crippen LogP contribution is 2.40. The number of carbonyl (C=O) groups excluding carboxylic acids is 1. The molecule has 4 nitrogen and oxygen atoms in total. The first-order valence-electron chi connectivity index (χ1n) is 7.00. The van der Waals surface area contributed by atoms with E-state index in [1.807, 2.05) is 18.7 Å². The van der Waals surface area contributed by atoms with Gasteiger partial charge in [0.1, 0.15) is 0 Å². The van der Waals surface area contributed by atoms with Crippen molar-refractivity contribution in [2.45, 2.75) is 26.7 Å². The quantitative estimate of drug-likeness (QED) is 0.759. The molecular formula is C15H21N3O. The Morgan fingerprint density at radius 1 is 1.16 bits per heavy atom. The minimum Gasteiger partial charge on any atom is -0.371 e. The van der Waals surface area contributed by atoms with E-state index in [4.69, 9.17) is 0 Å². The van der Waals surface area contributed by atoms with E-state index in [-0.39, 0.29) is 0 Å². The third-order valence-corrected chi connectivity index (χ3v) is 4.49. The average Bonchev–Trinajstić information content (AvgIpc) is 2.96. The Hall–Kier alpha value is -1.58. The molecule has 1 amide bonds. The van der Waals surface area contributed by atoms with Crippen molar-refractivity contribution in [2.75, 3.05) is 31.1 Å². The first kappa shape index (κ1) is 12.5. The fourth-order valence-electron chi connectivity index (χ4n) is 3.54. The fraction of sp³-hybridized carbons (Fsp3) is 0.600. The number of anilines is 1. The van der Waals surface area contributed by atoms with Gasteiger partial charge in [-0.15, -0.1) is 0 Å². The van der Waals surface area contributed by atoms with Gasteiger partial charge in [-0.3, -0.25) is 9.78 Å². The van der Waals surface area contributed by atoms with Crippen molar-refractivity contribution in [3.63, 3.8) is 0 Å². The molecule has 1 unspecified atom stereocenters. The summed E-state index contributed by atoms with van der Waals surface area (Å²) in [6.45, 7) is 8.11. The number of hydrogen-bond donors (Lipinski definition) is 0. The predicted molar refractivity (Wildman–Crippen MR) is 75.2 cm³/mol. The van der Waals surface area contributed by atoms with Crippen LogP contribution >= 0.6 is 0 Å². The maximum absolute atomic E-state index is 10.9. The second kappa shape index (κ2) is 4.51. The molecule has 4 heteroatoms. The first-order valence-corrected chi connectivity index (χ1v) is 7.00. The van der Waals surface area contributed by atoms with Gasteiger partial charge >= 0.3 is 0 Å². The van der Waals surface area contributed by atoms with Gasteiger partial charge in [0.25, 0.3) is 0 Å². The van der Waals surface area contributed by atoms with Gasteiger partial charge in [-0.2, -0.15) is 0 Å². The summed E-state index contributed by atoms with van der Waals surface area (Å²) in [6, 6.07) is 4.33. The fourth-order valence-corrected chi connectivity index (χ4v) is 3.54. The van der Waals surface area contributed by atoms with E-state index in [0.717, 1.165) is 50.4 Å². The standard InChI is InChI=1S/C15H21N3O/c1-12-7-14(8-13(2)16-12)18-6-4-15(10-18)3-5-17(9-15)11-19/h7-8,11H,3-6,9-10H2,1-2H3. The second-order valence-corrected chi connectivity index (χ2v) is 6.11. The molecule has 19 heavy (non-hydrogen) atoms. The average molecular weight is 259 g/mol. The van der Waals surface area contributed by atoms with Crippen molar-refractivity contribution in [1.82, 2.24) is 9.88 Å². The van der Waals surface area contributed by atoms with Crippen molar-refractivity contribution in [3.8, 4) is 0 Å². The number of rotatable bonds is 2. The van der Waals surface area contributed by atoms with Crippen molar-refractivity contribution in [1.29, 1.82) is 0 Å². The SMILES string of the molecule is Cc1cc(N2CCC3(CCN(C=O)C3)C2)cc(C)n1. The molecule has 1 spiro atoms. The lowest BCUT2D eigenvalue weighted by molar-refractivity contribution is -0.117. The van der Waals surface area contributed by atoms with Gasteiger partial charge in [0.2, 0.25) is 6.41 Å². The molecule has 0 aromatic carbocycles. The molecule has 1 atom stereocenters. The molecule has 2 aliphatic rings. The highest BCUT2D eigenvalue weighted by atomic mass is 16.1. The molecule has 0 radical (unpaired) electrons. The van der Waals surface area contributed by atoms with Crippen LogP contribution < -0.4 is 4.90 Å². The minimum absolute atomic E-state index is 0.325. The van der Waals surface area contributed by atoms with Crippen molar-refractivity contribution < 1.29 is 4.79 Å². The normalized spacial score (nSPS) is 26.4. The third kappa shape index (κ3) is 2.31. The number of aromatic nitrogens is 1. The van der Waals surface area contributed by atoms with Crippen LogP contribution in [0.3, 0.4) is 0 Å². The molecule has 2 fully saturated rings. The zero-order valence-electron chi connectivity index (χ0n) is 11.7. The van der Waals surface area contributed by atoms with Crippen LogP contribution in [0.4, 0.5) is 5.69 Å². The smallest absolute Gasteiger partial charge is 0.209 e. The molecule has 0 saturated carbocycles. The molecular weight excluding hydrogens is 238 g/mol. The van der Waals surface area contributed by atoms with Gasteiger partial charge < -0.3 is 9.80 Å². The van der Waals surface area contributed by atoms with Crippen molar-refractivity contribution in [3.05, 3.63) is 23.5 Å². The molecule has 2 saturated heterocycles. The molecule has 0 N–H and O–H groups in total. The number of likely N-dealkylation sites (tertiary alicyclic amines) is 1. The molecule has 3 heterocycles. The van der Waals surface area contributed by atoms with E-state index in [9.17, 15) is 4.79 Å². The Kier molecular flexibility index (Phi) is 2.96. The number of hydrogen-bond acceptors (Lipinski definition) is 3. The minimum atomic E-state index is 0.325. The zero-order valence-corrected chi connectivity index (χ0v) is 11.7. The molecule has 102 valence electrons. The van der Waals surface area contributed by atoms with Crippen LogP contribution in [0, 0.1) is 19.3 Å². The second-order valence-electron chi connectivity index (χ2n) is 6.11. The lowest BCUT2D eigenvalue weighted by Crippen LogP contribution is -2.30. The number of aryl methyl sites for hydroxylation is 2. The van der Waals surface area contributed by atoms with E-state index >= 15 is 0 Å². The van der Waals surface area contributed by atoms with Crippen LogP contribution in [0.25, 0.3) is 0 Å². The molecule has 1 aromatic heterocycles. The highest BCUT2D eigenvalue weighted by Gasteiger charge is 2.43. The molecule has 1 aromatic rings. The molecule has 0 bridgehead atoms. The van der Waals surface area contributed by atoms with E-state index in [1.165, 1.54) is 12.1 Å². The van der Waals surface area contributed by atoms with E-state index in [2.05, 4.69) is 22.0 Å². The van der Waals surface area contributed by atoms with Gasteiger partial charge in [0.05, 0.1) is 0 Å². The van der Waals surface area contributed by atoms with Crippen LogP contribution in [-0.4, -0.2) is 42.5 Å². The molecule has 0 aliphatic carbocycles. The van der Waals surface area contributed by atoms with Gasteiger partial charge in [-0.1, -0.05) is 0 Å². The van der Waals surface area contributed by atoms with Crippen molar-refractivity contribution >= 4 is 12.1 Å². The van der Waals surface area contributed by atoms with E-state index < -0.39 is 0 Å². The molecule has 3 rings (SSSR count). The predicted octanol–water partition coefficient (Wildman–Crippen LogP) is 1.76. The van der Waals surface area contributed by atoms with E-state index in [0.29, 0.717) is 5.41 Å². The van der Waals surface area contributed by atoms with Gasteiger partial charge in [-0.25, -0.2) is 0 Å². The largest absolute Gasteiger partial charge is 0.371 e. The third-order valence-electron chi connectivity index (χ3n) is 4.49. The number of amides is 1. The number of carbonyl (C=O) groups is 1. The highest BCUT2D eigenvalue weighted by molar-refractivity contribution is 5.51. The molecule has 2 aliphatic heterocycles. The summed E-state index contributed by atoms with van der Waals surface area (Å²) in [5, 5.41) is 0. The Balaban J connectivity index is 1.77. The topological polar surface area (TPSA) is 36.4 Å². The summed E-state index contributed by atoms with van der Waals surface area (Å²) in [4.78, 5) is 19.7. The lowest BCUT2D eigenvalue weighted by Gasteiger charge is -2.25. The number of nitrogens with zero attached hydrogens (tertiary/aromatic N) is 3. The maximum Gasteiger partial charge on any atom is 0.209 e. The van der Waals surface area contributed by atoms with Crippen LogP contribution in [0.1, 0.15) is 24.2 Å². The van der Waals surface area contributed by atoms with Gasteiger partial charge in [-0.05, 0) is 38.8 Å². The monoisotopic (exact) mass is 259 g/mol. The lowest BCUT2D eigenvalue weighted by atomic mass is 9.86. The first-order chi connectivity index (χ1) is 9.10. The van der Waals surface area contributed by atoms with Crippen LogP contribution in [0.5, 0.6) is 0 Å². The van der Waals surface area contributed by atoms with Gasteiger partial charge in [0, 0.05) is 48.7 Å². The summed E-state index contributed by atoms with van der Waals surface area (Å²) in [6.07, 6.45) is 3.33. The van der Waals surface area contributed by atoms with Crippen LogP contribution in [0.15, 0.2) is 12.1 Å². The summed E-state index contributed by atoms with van der Waals surface area (Å²) >= 11 is 0. The summed E-state index contributed by atoms with van der Waals surface area (Å²) in [5.41, 5.74) is 3.77. The maximum atomic E-state index is 10.9. The van der Waals surface area contributed by atoms with Crippen LogP contribution in [-0.2, 0) is 4.79 Å². The summed E-state index contributed by atoms with van der Waals surface area (Å²) in [5.74, 6) is 0. The summed E-state index contributed by atoms with van der Waals surface area (Å²) < 4.78 is 0. The van der Waals surface area contributed by atoms with E-state index in [1.54, 1.807) is 0 Å². The van der Waals surface area contributed by atoms with Crippen LogP contribution in [0.2, 0.25) is 0 Å². The zero-order chi connectivity index (χ0) is 13.5. The Morgan fingerprint density at radius 3 is 2.47 bits per heavy atom. The summed E-state index contributed by atoms with van der Waals surface area (Å²) in [7, 11) is 0. The van der Waals surface area contributed by atoms with Crippen molar-refractivity contribution in [2.24, 2.45) is 5.41 Å². The Bertz CT molecular complexity index is 482. The Labute approximate surface area is 114 Å². The Morgan fingerprint density at radius 2 is 1.84 bits per heavy atom. The van der Waals surface area contributed by atoms with Gasteiger partial charge in [0.15, 0.2) is 0 Å². The number of pyridine rings is 1.